The van der Waals surface area contributed by atoms with Gasteiger partial charge in [0.15, 0.2) is 11.6 Å². The minimum atomic E-state index is -6.56. The number of anilines is 1. The highest BCUT2D eigenvalue weighted by atomic mass is 35.5. The van der Waals surface area contributed by atoms with Crippen molar-refractivity contribution >= 4 is 23.2 Å². The summed E-state index contributed by atoms with van der Waals surface area (Å²) in [4.78, 5) is 7.28. The lowest BCUT2D eigenvalue weighted by Gasteiger charge is -2.28. The van der Waals surface area contributed by atoms with Crippen LogP contribution in [0.3, 0.4) is 0 Å². The van der Waals surface area contributed by atoms with Crippen LogP contribution in [0.15, 0.2) is 18.5 Å². The molecular formula is C16H9ClF9N5O. The average molecular weight is 494 g/mol. The van der Waals surface area contributed by atoms with E-state index in [1.165, 1.54) is 0 Å². The predicted octanol–water partition coefficient (Wildman–Crippen LogP) is 4.98. The van der Waals surface area contributed by atoms with Gasteiger partial charge in [0, 0.05) is 11.6 Å². The topological polar surface area (TPSA) is 64.3 Å². The molecular weight excluding hydrogens is 485 g/mol. The predicted molar refractivity (Wildman–Crippen MR) is 92.1 cm³/mol. The summed E-state index contributed by atoms with van der Waals surface area (Å²) in [6.45, 7) is -2.29. The monoisotopic (exact) mass is 493 g/mol. The number of alkyl halides is 7. The number of nitrogens with zero attached hydrogens (tertiary/aromatic N) is 4. The lowest BCUT2D eigenvalue weighted by molar-refractivity contribution is -0.350. The summed E-state index contributed by atoms with van der Waals surface area (Å²) in [7, 11) is 1.03. The molecule has 0 aliphatic rings. The van der Waals surface area contributed by atoms with Gasteiger partial charge in [0.2, 0.25) is 0 Å². The van der Waals surface area contributed by atoms with Gasteiger partial charge in [-0.05, 0) is 6.07 Å². The van der Waals surface area contributed by atoms with Crippen LogP contribution in [0, 0.1) is 11.6 Å². The Balaban J connectivity index is 2.16. The molecule has 0 aliphatic carbocycles. The number of fused-ring (bicyclic) bond motifs is 1. The highest BCUT2D eigenvalue weighted by molar-refractivity contribution is 6.33. The second-order valence-electron chi connectivity index (χ2n) is 6.19. The Hall–Kier alpha value is -2.97. The van der Waals surface area contributed by atoms with Gasteiger partial charge in [-0.1, -0.05) is 11.6 Å². The van der Waals surface area contributed by atoms with Crippen molar-refractivity contribution in [3.8, 4) is 16.9 Å². The minimum Gasteiger partial charge on any atom is -0.494 e. The maximum absolute atomic E-state index is 14.6. The van der Waals surface area contributed by atoms with E-state index < -0.39 is 69.8 Å². The quantitative estimate of drug-likeness (QED) is 0.388. The maximum Gasteiger partial charge on any atom is 0.459 e. The van der Waals surface area contributed by atoms with Gasteiger partial charge in [-0.15, -0.1) is 0 Å². The third kappa shape index (κ3) is 3.84. The molecule has 0 bridgehead atoms. The zero-order valence-electron chi connectivity index (χ0n) is 15.4. The van der Waals surface area contributed by atoms with Gasteiger partial charge in [-0.2, -0.15) is 50.3 Å². The molecule has 3 rings (SSSR count). The Morgan fingerprint density at radius 2 is 1.72 bits per heavy atom. The molecule has 0 saturated heterocycles. The molecule has 2 aromatic heterocycles. The van der Waals surface area contributed by atoms with Crippen LogP contribution in [-0.2, 0) is 0 Å². The molecule has 0 radical (unpaired) electrons. The molecule has 174 valence electrons. The van der Waals surface area contributed by atoms with Crippen molar-refractivity contribution in [3.05, 3.63) is 35.2 Å². The number of aromatic nitrogens is 4. The summed E-state index contributed by atoms with van der Waals surface area (Å²) < 4.78 is 125. The van der Waals surface area contributed by atoms with Crippen LogP contribution in [0.2, 0.25) is 5.15 Å². The van der Waals surface area contributed by atoms with Crippen LogP contribution in [0.1, 0.15) is 0 Å². The molecule has 0 saturated carbocycles. The van der Waals surface area contributed by atoms with E-state index in [1.54, 1.807) is 5.32 Å². The normalized spacial score (nSPS) is 13.0. The van der Waals surface area contributed by atoms with Crippen molar-refractivity contribution < 1.29 is 44.3 Å². The average Bonchev–Trinajstić information content (AvgIpc) is 3.14. The number of halogens is 10. The Labute approximate surface area is 177 Å². The molecule has 2 heterocycles. The molecule has 0 amide bonds. The van der Waals surface area contributed by atoms with Gasteiger partial charge in [0.25, 0.3) is 5.78 Å². The van der Waals surface area contributed by atoms with Crippen molar-refractivity contribution in [2.75, 3.05) is 19.0 Å². The number of nitrogens with one attached hydrogen (secondary N) is 1. The Morgan fingerprint density at radius 1 is 1.06 bits per heavy atom. The molecule has 0 fully saturated rings. The number of methoxy groups -OCH3 is 1. The Kier molecular flexibility index (Phi) is 5.82. The first-order chi connectivity index (χ1) is 14.7. The molecule has 1 N–H and O–H groups in total. The number of hydrogen-bond acceptors (Lipinski definition) is 5. The van der Waals surface area contributed by atoms with Gasteiger partial charge in [-0.3, -0.25) is 0 Å². The van der Waals surface area contributed by atoms with Crippen molar-refractivity contribution in [1.29, 1.82) is 0 Å². The van der Waals surface area contributed by atoms with Crippen LogP contribution < -0.4 is 10.1 Å². The number of benzene rings is 1. The molecule has 1 aromatic carbocycles. The summed E-state index contributed by atoms with van der Waals surface area (Å²) in [5.41, 5.74) is -1.36. The van der Waals surface area contributed by atoms with Gasteiger partial charge in [0.05, 0.1) is 19.2 Å². The van der Waals surface area contributed by atoms with Gasteiger partial charge < -0.3 is 10.1 Å². The third-order valence-electron chi connectivity index (χ3n) is 4.19. The van der Waals surface area contributed by atoms with Crippen molar-refractivity contribution in [2.24, 2.45) is 0 Å². The second-order valence-corrected chi connectivity index (χ2v) is 6.55. The summed E-state index contributed by atoms with van der Waals surface area (Å²) >= 11 is 5.94. The van der Waals surface area contributed by atoms with Gasteiger partial charge in [0.1, 0.15) is 23.1 Å². The first-order valence-corrected chi connectivity index (χ1v) is 8.58. The standard InChI is InChI=1S/C16H9ClF9N5O/c1-32-9-3-7(18)6(2-8(9)19)10-11(17)30-13-28-5-29-31(13)12(10)27-4-14(20,21)15(22,23)16(24,25)26/h2-3,5,27H,4H2,1H3. The van der Waals surface area contributed by atoms with Crippen LogP contribution in [-0.4, -0.2) is 51.3 Å². The summed E-state index contributed by atoms with van der Waals surface area (Å²) in [6, 6.07) is 1.11. The zero-order valence-corrected chi connectivity index (χ0v) is 16.2. The Bertz CT molecular complexity index is 1160. The zero-order chi connectivity index (χ0) is 24.1. The molecule has 0 unspecified atom stereocenters. The fourth-order valence-electron chi connectivity index (χ4n) is 2.61. The van der Waals surface area contributed by atoms with Crippen molar-refractivity contribution in [3.63, 3.8) is 0 Å². The number of ether oxygens (including phenoxy) is 1. The van der Waals surface area contributed by atoms with E-state index in [9.17, 15) is 39.5 Å². The molecule has 0 atom stereocenters. The van der Waals surface area contributed by atoms with E-state index in [2.05, 4.69) is 19.8 Å². The third-order valence-corrected chi connectivity index (χ3v) is 4.46. The van der Waals surface area contributed by atoms with E-state index >= 15 is 0 Å². The smallest absolute Gasteiger partial charge is 0.459 e. The summed E-state index contributed by atoms with van der Waals surface area (Å²) in [5.74, 6) is -16.1. The summed E-state index contributed by atoms with van der Waals surface area (Å²) in [5, 5.41) is 4.57. The van der Waals surface area contributed by atoms with Crippen LogP contribution in [0.5, 0.6) is 5.75 Å². The van der Waals surface area contributed by atoms with Gasteiger partial charge >= 0.3 is 18.0 Å². The van der Waals surface area contributed by atoms with E-state index in [0.29, 0.717) is 16.6 Å². The van der Waals surface area contributed by atoms with E-state index in [0.717, 1.165) is 13.4 Å². The van der Waals surface area contributed by atoms with E-state index in [1.807, 2.05) is 0 Å². The Morgan fingerprint density at radius 3 is 2.31 bits per heavy atom. The second kappa shape index (κ2) is 7.86. The molecule has 6 nitrogen and oxygen atoms in total. The van der Waals surface area contributed by atoms with Crippen LogP contribution in [0.25, 0.3) is 16.9 Å². The van der Waals surface area contributed by atoms with Crippen LogP contribution in [0.4, 0.5) is 45.3 Å². The molecule has 3 aromatic rings. The number of rotatable bonds is 6. The SMILES string of the molecule is COc1cc(F)c(-c2c(Cl)nc3ncnn3c2NCC(F)(F)C(F)(F)C(F)(F)F)cc1F. The number of hydrogen-bond donors (Lipinski definition) is 1. The molecule has 16 heteroatoms. The molecule has 0 spiro atoms. The minimum absolute atomic E-state index is 0.401. The first-order valence-electron chi connectivity index (χ1n) is 8.20. The van der Waals surface area contributed by atoms with Gasteiger partial charge in [-0.25, -0.2) is 8.78 Å². The summed E-state index contributed by atoms with van der Waals surface area (Å²) in [6.07, 6.45) is -5.74. The van der Waals surface area contributed by atoms with Crippen molar-refractivity contribution in [2.45, 2.75) is 18.0 Å². The van der Waals surface area contributed by atoms with E-state index in [4.69, 9.17) is 11.6 Å². The molecule has 32 heavy (non-hydrogen) atoms. The highest BCUT2D eigenvalue weighted by Crippen LogP contribution is 2.47. The maximum atomic E-state index is 14.6. The highest BCUT2D eigenvalue weighted by Gasteiger charge is 2.72. The van der Waals surface area contributed by atoms with E-state index in [-0.39, 0.29) is 0 Å². The van der Waals surface area contributed by atoms with Crippen LogP contribution >= 0.6 is 11.6 Å². The molecule has 0 aliphatic heterocycles. The largest absolute Gasteiger partial charge is 0.494 e. The lowest BCUT2D eigenvalue weighted by atomic mass is 10.1. The fraction of sp³-hybridized carbons (Fsp3) is 0.312. The fourth-order valence-corrected chi connectivity index (χ4v) is 2.88. The van der Waals surface area contributed by atoms with Crippen molar-refractivity contribution in [1.82, 2.24) is 19.6 Å². The lowest BCUT2D eigenvalue weighted by Crippen LogP contribution is -2.55. The first kappa shape index (κ1) is 23.7.